The van der Waals surface area contributed by atoms with Crippen molar-refractivity contribution in [3.8, 4) is 0 Å². The van der Waals surface area contributed by atoms with Crippen LogP contribution in [0.4, 0.5) is 0 Å². The number of hydrogen-bond acceptors (Lipinski definition) is 2. The van der Waals surface area contributed by atoms with Crippen LogP contribution in [0.25, 0.3) is 0 Å². The summed E-state index contributed by atoms with van der Waals surface area (Å²) in [5.41, 5.74) is 2.81. The lowest BCUT2D eigenvalue weighted by Crippen LogP contribution is -2.16. The number of carbonyl (C=O) groups is 1. The molecule has 3 heteroatoms. The van der Waals surface area contributed by atoms with Crippen LogP contribution in [0.3, 0.4) is 0 Å². The molecule has 0 aliphatic heterocycles. The van der Waals surface area contributed by atoms with Crippen LogP contribution in [0, 0.1) is 19.8 Å². The minimum atomic E-state index is -1.04. The van der Waals surface area contributed by atoms with Crippen molar-refractivity contribution in [1.29, 1.82) is 0 Å². The van der Waals surface area contributed by atoms with Crippen LogP contribution in [0.1, 0.15) is 35.3 Å². The fourth-order valence-electron chi connectivity index (χ4n) is 1.78. The number of ketones is 1. The Morgan fingerprint density at radius 2 is 1.94 bits per heavy atom. The predicted molar refractivity (Wildman–Crippen MR) is 73.0 cm³/mol. The number of hydrogen-bond donors (Lipinski definition) is 0. The van der Waals surface area contributed by atoms with Crippen molar-refractivity contribution in [2.24, 2.45) is 5.92 Å². The molecule has 0 amide bonds. The molecule has 0 fully saturated rings. The molecule has 0 spiro atoms. The molecular formula is C14H20O2S. The van der Waals surface area contributed by atoms with Gasteiger partial charge in [0.2, 0.25) is 0 Å². The second-order valence-corrected chi connectivity index (χ2v) is 6.39. The second kappa shape index (κ2) is 6.10. The van der Waals surface area contributed by atoms with Crippen molar-refractivity contribution in [2.75, 3.05) is 11.5 Å². The standard InChI is InChI=1S/C14H20O2S/c1-10(2)8-17(16)9-14(15)13-6-5-11(3)7-12(13)4/h5-7,10H,8-9H2,1-4H3. The zero-order valence-corrected chi connectivity index (χ0v) is 11.8. The van der Waals surface area contributed by atoms with Gasteiger partial charge in [0.05, 0.1) is 5.75 Å². The Balaban J connectivity index is 2.73. The monoisotopic (exact) mass is 252 g/mol. The molecule has 17 heavy (non-hydrogen) atoms. The van der Waals surface area contributed by atoms with E-state index >= 15 is 0 Å². The predicted octanol–water partition coefficient (Wildman–Crippen LogP) is 2.89. The zero-order chi connectivity index (χ0) is 13.0. The molecule has 1 rings (SSSR count). The summed E-state index contributed by atoms with van der Waals surface area (Å²) in [5, 5.41) is 0. The van der Waals surface area contributed by atoms with Gasteiger partial charge in [-0.05, 0) is 25.3 Å². The van der Waals surface area contributed by atoms with Crippen molar-refractivity contribution < 1.29 is 9.00 Å². The average molecular weight is 252 g/mol. The van der Waals surface area contributed by atoms with Crippen LogP contribution >= 0.6 is 0 Å². The van der Waals surface area contributed by atoms with Gasteiger partial charge in [0, 0.05) is 22.1 Å². The highest BCUT2D eigenvalue weighted by Gasteiger charge is 2.13. The van der Waals surface area contributed by atoms with Crippen LogP contribution < -0.4 is 0 Å². The highest BCUT2D eigenvalue weighted by molar-refractivity contribution is 7.85. The molecule has 2 nitrogen and oxygen atoms in total. The zero-order valence-electron chi connectivity index (χ0n) is 10.9. The van der Waals surface area contributed by atoms with Crippen molar-refractivity contribution >= 4 is 16.6 Å². The first-order valence-corrected chi connectivity index (χ1v) is 7.34. The van der Waals surface area contributed by atoms with E-state index in [9.17, 15) is 9.00 Å². The Hall–Kier alpha value is -0.960. The molecule has 1 aromatic carbocycles. The van der Waals surface area contributed by atoms with E-state index in [-0.39, 0.29) is 11.5 Å². The average Bonchev–Trinajstić information content (AvgIpc) is 2.15. The van der Waals surface area contributed by atoms with E-state index in [1.54, 1.807) is 0 Å². The number of carbonyl (C=O) groups excluding carboxylic acids is 1. The first-order chi connectivity index (χ1) is 7.90. The molecule has 0 N–H and O–H groups in total. The molecule has 0 saturated heterocycles. The lowest BCUT2D eigenvalue weighted by Gasteiger charge is -2.07. The summed E-state index contributed by atoms with van der Waals surface area (Å²) in [4.78, 5) is 12.0. The summed E-state index contributed by atoms with van der Waals surface area (Å²) in [6.07, 6.45) is 0. The SMILES string of the molecule is Cc1ccc(C(=O)CS(=O)CC(C)C)c(C)c1. The molecule has 1 unspecified atom stereocenters. The van der Waals surface area contributed by atoms with Gasteiger partial charge < -0.3 is 0 Å². The van der Waals surface area contributed by atoms with Crippen molar-refractivity contribution in [1.82, 2.24) is 0 Å². The lowest BCUT2D eigenvalue weighted by molar-refractivity contribution is 0.102. The van der Waals surface area contributed by atoms with Crippen LogP contribution in [-0.4, -0.2) is 21.5 Å². The first-order valence-electron chi connectivity index (χ1n) is 5.85. The fraction of sp³-hybridized carbons (Fsp3) is 0.500. The molecule has 0 radical (unpaired) electrons. The third-order valence-electron chi connectivity index (χ3n) is 2.49. The first kappa shape index (κ1) is 14.1. The van der Waals surface area contributed by atoms with E-state index in [0.29, 0.717) is 17.2 Å². The summed E-state index contributed by atoms with van der Waals surface area (Å²) in [7, 11) is -1.04. The number of Topliss-reactive ketones (excluding diaryl/α,β-unsaturated/α-hetero) is 1. The summed E-state index contributed by atoms with van der Waals surface area (Å²) < 4.78 is 11.7. The highest BCUT2D eigenvalue weighted by Crippen LogP contribution is 2.12. The van der Waals surface area contributed by atoms with Crippen molar-refractivity contribution in [2.45, 2.75) is 27.7 Å². The molecule has 1 atom stereocenters. The summed E-state index contributed by atoms with van der Waals surface area (Å²) >= 11 is 0. The normalized spacial score (nSPS) is 12.8. The molecule has 1 aromatic rings. The minimum absolute atomic E-state index is 0.0125. The number of benzene rings is 1. The molecular weight excluding hydrogens is 232 g/mol. The van der Waals surface area contributed by atoms with Gasteiger partial charge in [-0.25, -0.2) is 0 Å². The number of aryl methyl sites for hydroxylation is 2. The van der Waals surface area contributed by atoms with Gasteiger partial charge in [0.1, 0.15) is 0 Å². The Morgan fingerprint density at radius 1 is 1.29 bits per heavy atom. The maximum atomic E-state index is 12.0. The fourth-order valence-corrected chi connectivity index (χ4v) is 3.09. The highest BCUT2D eigenvalue weighted by atomic mass is 32.2. The maximum Gasteiger partial charge on any atom is 0.175 e. The van der Waals surface area contributed by atoms with Gasteiger partial charge in [-0.15, -0.1) is 0 Å². The van der Waals surface area contributed by atoms with Gasteiger partial charge in [0.15, 0.2) is 5.78 Å². The summed E-state index contributed by atoms with van der Waals surface area (Å²) in [5.74, 6) is 1.09. The van der Waals surface area contributed by atoms with Crippen LogP contribution in [-0.2, 0) is 10.8 Å². The van der Waals surface area contributed by atoms with Crippen molar-refractivity contribution in [3.63, 3.8) is 0 Å². The van der Waals surface area contributed by atoms with Crippen LogP contribution in [0.2, 0.25) is 0 Å². The van der Waals surface area contributed by atoms with E-state index in [0.717, 1.165) is 11.1 Å². The van der Waals surface area contributed by atoms with Gasteiger partial charge >= 0.3 is 0 Å². The number of rotatable bonds is 5. The Labute approximate surface area is 106 Å². The summed E-state index contributed by atoms with van der Waals surface area (Å²) in [6, 6.07) is 5.74. The molecule has 0 bridgehead atoms. The quantitative estimate of drug-likeness (QED) is 0.755. The van der Waals surface area contributed by atoms with Gasteiger partial charge in [-0.2, -0.15) is 0 Å². The molecule has 0 aliphatic carbocycles. The second-order valence-electron chi connectivity index (χ2n) is 4.89. The summed E-state index contributed by atoms with van der Waals surface area (Å²) in [6.45, 7) is 7.95. The van der Waals surface area contributed by atoms with E-state index in [2.05, 4.69) is 0 Å². The van der Waals surface area contributed by atoms with Crippen LogP contribution in [0.15, 0.2) is 18.2 Å². The minimum Gasteiger partial charge on any atom is -0.293 e. The molecule has 94 valence electrons. The molecule has 0 heterocycles. The molecule has 0 aliphatic rings. The molecule has 0 saturated carbocycles. The Kier molecular flexibility index (Phi) is 5.06. The third kappa shape index (κ3) is 4.43. The van der Waals surface area contributed by atoms with Gasteiger partial charge in [-0.3, -0.25) is 9.00 Å². The van der Waals surface area contributed by atoms with E-state index in [4.69, 9.17) is 0 Å². The lowest BCUT2D eigenvalue weighted by atomic mass is 10.0. The topological polar surface area (TPSA) is 34.1 Å². The molecule has 0 aromatic heterocycles. The van der Waals surface area contributed by atoms with Gasteiger partial charge in [0.25, 0.3) is 0 Å². The van der Waals surface area contributed by atoms with Crippen molar-refractivity contribution in [3.05, 3.63) is 34.9 Å². The van der Waals surface area contributed by atoms with Crippen LogP contribution in [0.5, 0.6) is 0 Å². The van der Waals surface area contributed by atoms with Gasteiger partial charge in [-0.1, -0.05) is 37.6 Å². The Bertz CT molecular complexity index is 436. The van der Waals surface area contributed by atoms with E-state index < -0.39 is 10.8 Å². The third-order valence-corrected chi connectivity index (χ3v) is 4.12. The Morgan fingerprint density at radius 3 is 2.47 bits per heavy atom. The largest absolute Gasteiger partial charge is 0.293 e. The van der Waals surface area contributed by atoms with E-state index in [1.165, 1.54) is 0 Å². The smallest absolute Gasteiger partial charge is 0.175 e. The van der Waals surface area contributed by atoms with E-state index in [1.807, 2.05) is 45.9 Å². The maximum absolute atomic E-state index is 12.0.